The molecule has 0 aromatic heterocycles. The minimum absolute atomic E-state index is 0.0245. The van der Waals surface area contributed by atoms with Gasteiger partial charge in [0.25, 0.3) is 0 Å². The Morgan fingerprint density at radius 2 is 1.59 bits per heavy atom. The fraction of sp³-hybridized carbons (Fsp3) is 0.900. The summed E-state index contributed by atoms with van der Waals surface area (Å²) in [4.78, 5) is 11.2. The van der Waals surface area contributed by atoms with E-state index in [1.807, 2.05) is 0 Å². The summed E-state index contributed by atoms with van der Waals surface area (Å²) in [6.07, 6.45) is -2.99. The molecule has 17 heavy (non-hydrogen) atoms. The minimum atomic E-state index is -1.05. The molecular formula is C10H21NO6. The van der Waals surface area contributed by atoms with Crippen molar-refractivity contribution in [2.75, 3.05) is 26.3 Å². The monoisotopic (exact) mass is 251 g/mol. The van der Waals surface area contributed by atoms with Gasteiger partial charge in [-0.3, -0.25) is 4.79 Å². The second-order valence-electron chi connectivity index (χ2n) is 3.94. The van der Waals surface area contributed by atoms with Gasteiger partial charge in [-0.25, -0.2) is 0 Å². The van der Waals surface area contributed by atoms with Crippen LogP contribution in [0.3, 0.4) is 0 Å². The molecule has 0 aromatic rings. The van der Waals surface area contributed by atoms with Gasteiger partial charge in [-0.15, -0.1) is 0 Å². The average Bonchev–Trinajstić information content (AvgIpc) is 2.28. The van der Waals surface area contributed by atoms with Gasteiger partial charge in [0.15, 0.2) is 0 Å². The van der Waals surface area contributed by atoms with Crippen LogP contribution in [0.5, 0.6) is 0 Å². The van der Waals surface area contributed by atoms with Crippen molar-refractivity contribution < 1.29 is 30.3 Å². The summed E-state index contributed by atoms with van der Waals surface area (Å²) in [5.41, 5.74) is 0. The van der Waals surface area contributed by atoms with E-state index in [-0.39, 0.29) is 31.7 Å². The topological polar surface area (TPSA) is 130 Å². The zero-order valence-corrected chi connectivity index (χ0v) is 9.62. The number of ketones is 1. The zero-order chi connectivity index (χ0) is 13.3. The van der Waals surface area contributed by atoms with Crippen LogP contribution in [0, 0.1) is 0 Å². The first kappa shape index (κ1) is 16.4. The molecule has 0 aliphatic rings. The molecule has 0 saturated heterocycles. The van der Waals surface area contributed by atoms with E-state index in [0.29, 0.717) is 0 Å². The molecule has 0 fully saturated rings. The maximum absolute atomic E-state index is 11.2. The van der Waals surface area contributed by atoms with Gasteiger partial charge in [-0.2, -0.15) is 0 Å². The number of nitrogens with one attached hydrogen (secondary N) is 1. The molecule has 7 heteroatoms. The number of aliphatic hydroxyl groups is 5. The molecule has 0 bridgehead atoms. The van der Waals surface area contributed by atoms with Gasteiger partial charge >= 0.3 is 0 Å². The molecule has 0 rings (SSSR count). The molecule has 0 spiro atoms. The summed E-state index contributed by atoms with van der Waals surface area (Å²) in [5.74, 6) is -0.276. The van der Waals surface area contributed by atoms with E-state index in [1.54, 1.807) is 0 Å². The third-order valence-electron chi connectivity index (χ3n) is 2.13. The van der Waals surface area contributed by atoms with Crippen LogP contribution in [-0.2, 0) is 4.79 Å². The van der Waals surface area contributed by atoms with Crippen molar-refractivity contribution in [1.82, 2.24) is 5.32 Å². The van der Waals surface area contributed by atoms with Crippen molar-refractivity contribution in [2.24, 2.45) is 0 Å². The highest BCUT2D eigenvalue weighted by Crippen LogP contribution is 1.96. The number of carbonyl (C=O) groups excluding carboxylic acids is 1. The Balaban J connectivity index is 3.58. The highest BCUT2D eigenvalue weighted by Gasteiger charge is 2.12. The number of Topliss-reactive ketones (excluding diaryl/α,β-unsaturated/α-hetero) is 1. The Bertz CT molecular complexity index is 213. The lowest BCUT2D eigenvalue weighted by molar-refractivity contribution is -0.120. The summed E-state index contributed by atoms with van der Waals surface area (Å²) < 4.78 is 0. The molecule has 0 aromatic carbocycles. The first-order valence-electron chi connectivity index (χ1n) is 5.47. The molecule has 3 unspecified atom stereocenters. The first-order valence-corrected chi connectivity index (χ1v) is 5.47. The van der Waals surface area contributed by atoms with Crippen LogP contribution in [-0.4, -0.2) is 75.9 Å². The Labute approximate surface area is 99.7 Å². The lowest BCUT2D eigenvalue weighted by atomic mass is 10.1. The third-order valence-corrected chi connectivity index (χ3v) is 2.13. The van der Waals surface area contributed by atoms with E-state index in [2.05, 4.69) is 5.32 Å². The number of rotatable bonds is 10. The molecular weight excluding hydrogens is 230 g/mol. The molecule has 0 aliphatic carbocycles. The van der Waals surface area contributed by atoms with Crippen molar-refractivity contribution in [2.45, 2.75) is 31.2 Å². The van der Waals surface area contributed by atoms with Crippen molar-refractivity contribution >= 4 is 5.78 Å². The van der Waals surface area contributed by atoms with E-state index in [4.69, 9.17) is 20.4 Å². The molecule has 102 valence electrons. The maximum atomic E-state index is 11.2. The minimum Gasteiger partial charge on any atom is -0.394 e. The van der Waals surface area contributed by atoms with Gasteiger partial charge in [0.1, 0.15) is 5.78 Å². The SMILES string of the molecule is O=C(CNCC(O)CC(O)CO)CC(O)CO. The van der Waals surface area contributed by atoms with Crippen molar-refractivity contribution in [3.8, 4) is 0 Å². The molecule has 3 atom stereocenters. The van der Waals surface area contributed by atoms with Crippen LogP contribution in [0.15, 0.2) is 0 Å². The van der Waals surface area contributed by atoms with Crippen molar-refractivity contribution in [1.29, 1.82) is 0 Å². The molecule has 0 aliphatic heterocycles. The van der Waals surface area contributed by atoms with Crippen molar-refractivity contribution in [3.05, 3.63) is 0 Å². The fourth-order valence-electron chi connectivity index (χ4n) is 1.25. The first-order chi connectivity index (χ1) is 7.99. The molecule has 6 N–H and O–H groups in total. The van der Waals surface area contributed by atoms with Gasteiger partial charge in [0.05, 0.1) is 38.1 Å². The number of carbonyl (C=O) groups is 1. The summed E-state index contributed by atoms with van der Waals surface area (Å²) in [6, 6.07) is 0. The molecule has 0 amide bonds. The Hall–Kier alpha value is -0.570. The third kappa shape index (κ3) is 9.16. The molecule has 7 nitrogen and oxygen atoms in total. The highest BCUT2D eigenvalue weighted by atomic mass is 16.3. The Morgan fingerprint density at radius 1 is 1.00 bits per heavy atom. The quantitative estimate of drug-likeness (QED) is 0.244. The highest BCUT2D eigenvalue weighted by molar-refractivity contribution is 5.80. The van der Waals surface area contributed by atoms with E-state index in [0.717, 1.165) is 0 Å². The van der Waals surface area contributed by atoms with Crippen LogP contribution in [0.1, 0.15) is 12.8 Å². The van der Waals surface area contributed by atoms with Crippen molar-refractivity contribution in [3.63, 3.8) is 0 Å². The van der Waals surface area contributed by atoms with Crippen LogP contribution in [0.25, 0.3) is 0 Å². The van der Waals surface area contributed by atoms with E-state index in [9.17, 15) is 9.90 Å². The maximum Gasteiger partial charge on any atom is 0.149 e. The van der Waals surface area contributed by atoms with Crippen LogP contribution in [0.2, 0.25) is 0 Å². The second-order valence-corrected chi connectivity index (χ2v) is 3.94. The van der Waals surface area contributed by atoms with Gasteiger partial charge in [-0.05, 0) is 0 Å². The van der Waals surface area contributed by atoms with Gasteiger partial charge in [0, 0.05) is 19.4 Å². The summed E-state index contributed by atoms with van der Waals surface area (Å²) in [5, 5.41) is 47.1. The van der Waals surface area contributed by atoms with Gasteiger partial charge in [-0.1, -0.05) is 0 Å². The van der Waals surface area contributed by atoms with E-state index < -0.39 is 31.5 Å². The molecule has 0 heterocycles. The average molecular weight is 251 g/mol. The molecule has 0 saturated carbocycles. The zero-order valence-electron chi connectivity index (χ0n) is 9.62. The Morgan fingerprint density at radius 3 is 2.12 bits per heavy atom. The Kier molecular flexibility index (Phi) is 9.14. The number of aliphatic hydroxyl groups excluding tert-OH is 5. The second kappa shape index (κ2) is 9.46. The van der Waals surface area contributed by atoms with Gasteiger partial charge < -0.3 is 30.8 Å². The molecule has 0 radical (unpaired) electrons. The number of hydrogen-bond acceptors (Lipinski definition) is 7. The predicted octanol–water partition coefficient (Wildman–Crippen LogP) is -3.01. The van der Waals surface area contributed by atoms with Crippen LogP contribution < -0.4 is 5.32 Å². The van der Waals surface area contributed by atoms with Crippen LogP contribution in [0.4, 0.5) is 0 Å². The smallest absolute Gasteiger partial charge is 0.149 e. The lowest BCUT2D eigenvalue weighted by Crippen LogP contribution is -2.35. The summed E-state index contributed by atoms with van der Waals surface area (Å²) >= 11 is 0. The number of hydrogen-bond donors (Lipinski definition) is 6. The normalized spacial score (nSPS) is 16.5. The summed E-state index contributed by atoms with van der Waals surface area (Å²) in [7, 11) is 0. The van der Waals surface area contributed by atoms with Gasteiger partial charge in [0.2, 0.25) is 0 Å². The van der Waals surface area contributed by atoms with Crippen LogP contribution >= 0.6 is 0 Å². The standard InChI is InChI=1S/C10H21NO6/c12-5-9(16)1-7(14)3-11-4-8(15)2-10(17)6-13/h7,9-14,16-17H,1-6H2. The van der Waals surface area contributed by atoms with E-state index >= 15 is 0 Å². The summed E-state index contributed by atoms with van der Waals surface area (Å²) in [6.45, 7) is -0.795. The largest absolute Gasteiger partial charge is 0.394 e. The lowest BCUT2D eigenvalue weighted by Gasteiger charge is -2.14. The predicted molar refractivity (Wildman–Crippen MR) is 59.3 cm³/mol. The fourth-order valence-corrected chi connectivity index (χ4v) is 1.25. The van der Waals surface area contributed by atoms with E-state index in [1.165, 1.54) is 0 Å².